The fourth-order valence-electron chi connectivity index (χ4n) is 1.08. The van der Waals surface area contributed by atoms with Gasteiger partial charge in [0.1, 0.15) is 0 Å². The van der Waals surface area contributed by atoms with Gasteiger partial charge in [0.15, 0.2) is 0 Å². The third-order valence-electron chi connectivity index (χ3n) is 1.95. The molecule has 3 N–H and O–H groups in total. The average Bonchev–Trinajstić information content (AvgIpc) is 2.31. The van der Waals surface area contributed by atoms with Crippen LogP contribution < -0.4 is 11.1 Å². The van der Waals surface area contributed by atoms with E-state index in [9.17, 15) is 0 Å². The molecule has 0 aromatic carbocycles. The van der Waals surface area contributed by atoms with Crippen molar-refractivity contribution < 1.29 is 14.2 Å². The van der Waals surface area contributed by atoms with Crippen molar-refractivity contribution in [2.24, 2.45) is 5.73 Å². The standard InChI is InChI=1S/C11H26N2O3/c1-13-5-3-7-15-9-11-16-10-8-14-6-2-4-12/h13H,2-12H2,1H3. The third-order valence-corrected chi connectivity index (χ3v) is 1.95. The largest absolute Gasteiger partial charge is 0.379 e. The first-order chi connectivity index (χ1) is 7.91. The molecule has 98 valence electrons. The topological polar surface area (TPSA) is 65.7 Å². The quantitative estimate of drug-likeness (QED) is 0.439. The summed E-state index contributed by atoms with van der Waals surface area (Å²) >= 11 is 0. The van der Waals surface area contributed by atoms with Crippen molar-refractivity contribution >= 4 is 0 Å². The molecule has 0 saturated heterocycles. The van der Waals surface area contributed by atoms with Crippen LogP contribution in [0.1, 0.15) is 12.8 Å². The highest BCUT2D eigenvalue weighted by Gasteiger charge is 1.91. The molecular formula is C11H26N2O3. The maximum atomic E-state index is 5.36. The van der Waals surface area contributed by atoms with Crippen LogP contribution in [0, 0.1) is 0 Å². The molecule has 0 rings (SSSR count). The minimum Gasteiger partial charge on any atom is -0.379 e. The van der Waals surface area contributed by atoms with Crippen molar-refractivity contribution in [1.29, 1.82) is 0 Å². The molecule has 16 heavy (non-hydrogen) atoms. The van der Waals surface area contributed by atoms with Gasteiger partial charge < -0.3 is 25.3 Å². The molecule has 5 heteroatoms. The normalized spacial score (nSPS) is 10.9. The van der Waals surface area contributed by atoms with Gasteiger partial charge in [-0.1, -0.05) is 0 Å². The van der Waals surface area contributed by atoms with E-state index in [0.29, 0.717) is 33.0 Å². The molecule has 0 aromatic heterocycles. The van der Waals surface area contributed by atoms with Gasteiger partial charge >= 0.3 is 0 Å². The average molecular weight is 234 g/mol. The summed E-state index contributed by atoms with van der Waals surface area (Å²) in [5, 5.41) is 3.07. The highest BCUT2D eigenvalue weighted by Crippen LogP contribution is 1.84. The summed E-state index contributed by atoms with van der Waals surface area (Å²) in [6.45, 7) is 5.76. The molecule has 0 unspecified atom stereocenters. The van der Waals surface area contributed by atoms with Crippen molar-refractivity contribution in [3.05, 3.63) is 0 Å². The number of nitrogens with one attached hydrogen (secondary N) is 1. The molecule has 0 amide bonds. The summed E-state index contributed by atoms with van der Waals surface area (Å²) in [4.78, 5) is 0. The maximum Gasteiger partial charge on any atom is 0.0701 e. The van der Waals surface area contributed by atoms with E-state index in [1.165, 1.54) is 0 Å². The number of hydrogen-bond donors (Lipinski definition) is 2. The van der Waals surface area contributed by atoms with E-state index in [-0.39, 0.29) is 0 Å². The Kier molecular flexibility index (Phi) is 14.6. The molecule has 5 nitrogen and oxygen atoms in total. The summed E-state index contributed by atoms with van der Waals surface area (Å²) in [5.41, 5.74) is 5.33. The highest BCUT2D eigenvalue weighted by atomic mass is 16.5. The molecule has 0 atom stereocenters. The molecule has 0 bridgehead atoms. The van der Waals surface area contributed by atoms with Crippen LogP contribution in [0.5, 0.6) is 0 Å². The SMILES string of the molecule is CNCCCOCCOCCOCCCN. The van der Waals surface area contributed by atoms with Crippen molar-refractivity contribution in [2.75, 3.05) is 59.8 Å². The first kappa shape index (κ1) is 15.8. The van der Waals surface area contributed by atoms with Crippen LogP contribution in [-0.4, -0.2) is 59.8 Å². The van der Waals surface area contributed by atoms with E-state index in [2.05, 4.69) is 5.32 Å². The zero-order valence-electron chi connectivity index (χ0n) is 10.4. The molecule has 0 fully saturated rings. The minimum atomic E-state index is 0.629. The van der Waals surface area contributed by atoms with Gasteiger partial charge in [-0.05, 0) is 33.0 Å². The summed E-state index contributed by atoms with van der Waals surface area (Å²) < 4.78 is 16.0. The van der Waals surface area contributed by atoms with E-state index in [0.717, 1.165) is 32.6 Å². The Morgan fingerprint density at radius 3 is 1.81 bits per heavy atom. The minimum absolute atomic E-state index is 0.629. The second-order valence-corrected chi connectivity index (χ2v) is 3.44. The fraction of sp³-hybridized carbons (Fsp3) is 1.00. The van der Waals surface area contributed by atoms with Crippen LogP contribution in [0.15, 0.2) is 0 Å². The smallest absolute Gasteiger partial charge is 0.0701 e. The predicted octanol–water partition coefficient (Wildman–Crippen LogP) is -0.00550. The van der Waals surface area contributed by atoms with Gasteiger partial charge in [0.25, 0.3) is 0 Å². The van der Waals surface area contributed by atoms with E-state index >= 15 is 0 Å². The van der Waals surface area contributed by atoms with Crippen LogP contribution in [-0.2, 0) is 14.2 Å². The van der Waals surface area contributed by atoms with Gasteiger partial charge in [0.05, 0.1) is 26.4 Å². The van der Waals surface area contributed by atoms with Gasteiger partial charge in [0.2, 0.25) is 0 Å². The Balaban J connectivity index is 2.83. The molecule has 0 saturated carbocycles. The molecule has 0 spiro atoms. The van der Waals surface area contributed by atoms with Crippen molar-refractivity contribution in [1.82, 2.24) is 5.32 Å². The van der Waals surface area contributed by atoms with E-state index in [1.807, 2.05) is 7.05 Å². The molecule has 0 radical (unpaired) electrons. The Labute approximate surface area is 98.6 Å². The number of hydrogen-bond acceptors (Lipinski definition) is 5. The summed E-state index contributed by atoms with van der Waals surface area (Å²) in [5.74, 6) is 0. The van der Waals surface area contributed by atoms with Crippen molar-refractivity contribution in [2.45, 2.75) is 12.8 Å². The van der Waals surface area contributed by atoms with Crippen molar-refractivity contribution in [3.63, 3.8) is 0 Å². The lowest BCUT2D eigenvalue weighted by Crippen LogP contribution is -2.13. The van der Waals surface area contributed by atoms with Gasteiger partial charge in [-0.25, -0.2) is 0 Å². The fourth-order valence-corrected chi connectivity index (χ4v) is 1.08. The molecule has 0 aliphatic carbocycles. The Hall–Kier alpha value is -0.200. The maximum absolute atomic E-state index is 5.36. The molecule has 0 aliphatic heterocycles. The van der Waals surface area contributed by atoms with Crippen molar-refractivity contribution in [3.8, 4) is 0 Å². The summed E-state index contributed by atoms with van der Waals surface area (Å²) in [6.07, 6.45) is 1.95. The lowest BCUT2D eigenvalue weighted by atomic mass is 10.4. The Morgan fingerprint density at radius 1 is 0.812 bits per heavy atom. The van der Waals surface area contributed by atoms with E-state index < -0.39 is 0 Å². The monoisotopic (exact) mass is 234 g/mol. The predicted molar refractivity (Wildman–Crippen MR) is 64.7 cm³/mol. The highest BCUT2D eigenvalue weighted by molar-refractivity contribution is 4.40. The summed E-state index contributed by atoms with van der Waals surface area (Å²) in [6, 6.07) is 0. The zero-order chi connectivity index (χ0) is 11.9. The second kappa shape index (κ2) is 14.8. The lowest BCUT2D eigenvalue weighted by Gasteiger charge is -2.06. The number of ether oxygens (including phenoxy) is 3. The summed E-state index contributed by atoms with van der Waals surface area (Å²) in [7, 11) is 1.94. The van der Waals surface area contributed by atoms with Gasteiger partial charge in [-0.15, -0.1) is 0 Å². The first-order valence-corrected chi connectivity index (χ1v) is 5.99. The molecule has 0 aliphatic rings. The van der Waals surface area contributed by atoms with Crippen LogP contribution >= 0.6 is 0 Å². The van der Waals surface area contributed by atoms with Crippen LogP contribution in [0.4, 0.5) is 0 Å². The zero-order valence-corrected chi connectivity index (χ0v) is 10.4. The number of rotatable bonds is 13. The van der Waals surface area contributed by atoms with Gasteiger partial charge in [0, 0.05) is 13.2 Å². The van der Waals surface area contributed by atoms with Crippen LogP contribution in [0.3, 0.4) is 0 Å². The lowest BCUT2D eigenvalue weighted by molar-refractivity contribution is 0.0141. The molecule has 0 heterocycles. The van der Waals surface area contributed by atoms with E-state index in [4.69, 9.17) is 19.9 Å². The molecular weight excluding hydrogens is 208 g/mol. The third kappa shape index (κ3) is 13.8. The number of nitrogens with two attached hydrogens (primary N) is 1. The van der Waals surface area contributed by atoms with Gasteiger partial charge in [-0.3, -0.25) is 0 Å². The second-order valence-electron chi connectivity index (χ2n) is 3.44. The first-order valence-electron chi connectivity index (χ1n) is 5.99. The van der Waals surface area contributed by atoms with Gasteiger partial charge in [-0.2, -0.15) is 0 Å². The van der Waals surface area contributed by atoms with E-state index in [1.54, 1.807) is 0 Å². The Bertz CT molecular complexity index is 112. The van der Waals surface area contributed by atoms with Crippen LogP contribution in [0.2, 0.25) is 0 Å². The molecule has 0 aromatic rings. The Morgan fingerprint density at radius 2 is 1.31 bits per heavy atom. The van der Waals surface area contributed by atoms with Crippen LogP contribution in [0.25, 0.3) is 0 Å².